The van der Waals surface area contributed by atoms with Crippen LogP contribution in [0.25, 0.3) is 0 Å². The van der Waals surface area contributed by atoms with Crippen molar-refractivity contribution >= 4 is 22.9 Å². The number of halogens is 1. The van der Waals surface area contributed by atoms with Gasteiger partial charge in [0.1, 0.15) is 0 Å². The lowest BCUT2D eigenvalue weighted by Gasteiger charge is -2.41. The molecule has 0 aliphatic carbocycles. The molecule has 0 radical (unpaired) electrons. The molecule has 0 spiro atoms. The number of rotatable bonds is 5. The van der Waals surface area contributed by atoms with E-state index in [1.54, 1.807) is 11.3 Å². The van der Waals surface area contributed by atoms with Crippen LogP contribution in [0.4, 0.5) is 0 Å². The summed E-state index contributed by atoms with van der Waals surface area (Å²) in [6, 6.07) is 5.48. The molecular formula is C15H25ClN2S. The van der Waals surface area contributed by atoms with Gasteiger partial charge in [-0.1, -0.05) is 32.4 Å². The lowest BCUT2D eigenvalue weighted by molar-refractivity contribution is 0.106. The van der Waals surface area contributed by atoms with E-state index in [2.05, 4.69) is 37.1 Å². The smallest absolute Gasteiger partial charge is 0.0931 e. The molecule has 1 fully saturated rings. The van der Waals surface area contributed by atoms with Crippen LogP contribution in [0.5, 0.6) is 0 Å². The number of hydrogen-bond donors (Lipinski definition) is 1. The molecule has 2 unspecified atom stereocenters. The van der Waals surface area contributed by atoms with Crippen LogP contribution >= 0.6 is 22.9 Å². The number of thiophene rings is 1. The molecule has 1 aromatic heterocycles. The first-order valence-electron chi connectivity index (χ1n) is 7.30. The van der Waals surface area contributed by atoms with Gasteiger partial charge in [-0.3, -0.25) is 4.90 Å². The number of piperazine rings is 1. The Morgan fingerprint density at radius 2 is 2.26 bits per heavy atom. The maximum atomic E-state index is 6.04. The fourth-order valence-electron chi connectivity index (χ4n) is 2.81. The Morgan fingerprint density at radius 1 is 1.47 bits per heavy atom. The number of hydrogen-bond acceptors (Lipinski definition) is 3. The third-order valence-corrected chi connectivity index (χ3v) is 5.05. The van der Waals surface area contributed by atoms with Crippen LogP contribution in [-0.4, -0.2) is 30.1 Å². The zero-order valence-electron chi connectivity index (χ0n) is 12.2. The predicted octanol–water partition coefficient (Wildman–Crippen LogP) is 4.00. The van der Waals surface area contributed by atoms with Gasteiger partial charge in [-0.2, -0.15) is 0 Å². The van der Waals surface area contributed by atoms with E-state index in [1.165, 1.54) is 17.7 Å². The summed E-state index contributed by atoms with van der Waals surface area (Å²) in [5.74, 6) is 0.749. The second-order valence-electron chi connectivity index (χ2n) is 5.93. The summed E-state index contributed by atoms with van der Waals surface area (Å²) < 4.78 is 0.901. The lowest BCUT2D eigenvalue weighted by Crippen LogP contribution is -2.56. The lowest BCUT2D eigenvalue weighted by atomic mass is 9.98. The van der Waals surface area contributed by atoms with Crippen molar-refractivity contribution in [1.82, 2.24) is 10.2 Å². The largest absolute Gasteiger partial charge is 0.311 e. The molecule has 108 valence electrons. The molecule has 0 aromatic carbocycles. The zero-order chi connectivity index (χ0) is 13.8. The first-order chi connectivity index (χ1) is 9.08. The Balaban J connectivity index is 2.01. The Labute approximate surface area is 126 Å². The van der Waals surface area contributed by atoms with Crippen molar-refractivity contribution in [3.05, 3.63) is 21.3 Å². The van der Waals surface area contributed by atoms with E-state index in [-0.39, 0.29) is 0 Å². The van der Waals surface area contributed by atoms with Crippen LogP contribution in [0.1, 0.15) is 38.5 Å². The monoisotopic (exact) mass is 300 g/mol. The minimum absolute atomic E-state index is 0.638. The number of nitrogens with zero attached hydrogens (tertiary/aromatic N) is 1. The van der Waals surface area contributed by atoms with Crippen LogP contribution < -0.4 is 5.32 Å². The van der Waals surface area contributed by atoms with Crippen LogP contribution in [-0.2, 0) is 6.54 Å². The van der Waals surface area contributed by atoms with E-state index in [4.69, 9.17) is 11.6 Å². The van der Waals surface area contributed by atoms with Gasteiger partial charge in [0.2, 0.25) is 0 Å². The molecule has 1 aliphatic rings. The molecule has 2 nitrogen and oxygen atoms in total. The van der Waals surface area contributed by atoms with Crippen molar-refractivity contribution in [2.24, 2.45) is 5.92 Å². The number of nitrogens with one attached hydrogen (secondary N) is 1. The summed E-state index contributed by atoms with van der Waals surface area (Å²) in [4.78, 5) is 4.03. The van der Waals surface area contributed by atoms with Crippen molar-refractivity contribution < 1.29 is 0 Å². The maximum Gasteiger partial charge on any atom is 0.0931 e. The second-order valence-corrected chi connectivity index (χ2v) is 7.73. The molecule has 2 heterocycles. The molecule has 4 heteroatoms. The first kappa shape index (κ1) is 15.3. The normalized spacial score (nSPS) is 25.1. The summed E-state index contributed by atoms with van der Waals surface area (Å²) in [5, 5.41) is 3.68. The molecule has 19 heavy (non-hydrogen) atoms. The quantitative estimate of drug-likeness (QED) is 0.884. The highest BCUT2D eigenvalue weighted by atomic mass is 35.5. The van der Waals surface area contributed by atoms with Gasteiger partial charge in [0.15, 0.2) is 0 Å². The van der Waals surface area contributed by atoms with Crippen LogP contribution in [0, 0.1) is 5.92 Å². The highest BCUT2D eigenvalue weighted by Gasteiger charge is 2.27. The third kappa shape index (κ3) is 4.45. The van der Waals surface area contributed by atoms with E-state index in [0.29, 0.717) is 12.1 Å². The molecule has 1 N–H and O–H groups in total. The predicted molar refractivity (Wildman–Crippen MR) is 85.1 cm³/mol. The van der Waals surface area contributed by atoms with Crippen molar-refractivity contribution in [1.29, 1.82) is 0 Å². The zero-order valence-corrected chi connectivity index (χ0v) is 13.7. The van der Waals surface area contributed by atoms with E-state index >= 15 is 0 Å². The fourth-order valence-corrected chi connectivity index (χ4v) is 3.92. The van der Waals surface area contributed by atoms with Gasteiger partial charge in [-0.25, -0.2) is 0 Å². The standard InChI is InChI=1S/C15H25ClN2S/c1-4-12-9-18(10-14-5-6-15(16)19-14)13(8-17-12)7-11(2)3/h5-6,11-13,17H,4,7-10H2,1-3H3. The van der Waals surface area contributed by atoms with Gasteiger partial charge in [0.05, 0.1) is 4.34 Å². The molecule has 0 saturated carbocycles. The van der Waals surface area contributed by atoms with Gasteiger partial charge >= 0.3 is 0 Å². The SMILES string of the molecule is CCC1CN(Cc2ccc(Cl)s2)C(CC(C)C)CN1. The first-order valence-corrected chi connectivity index (χ1v) is 8.49. The molecule has 2 rings (SSSR count). The van der Waals surface area contributed by atoms with E-state index < -0.39 is 0 Å². The van der Waals surface area contributed by atoms with Crippen molar-refractivity contribution in [2.75, 3.05) is 13.1 Å². The summed E-state index contributed by atoms with van der Waals surface area (Å²) >= 11 is 7.76. The maximum absolute atomic E-state index is 6.04. The third-order valence-electron chi connectivity index (χ3n) is 3.84. The average Bonchev–Trinajstić information content (AvgIpc) is 2.76. The van der Waals surface area contributed by atoms with Crippen LogP contribution in [0.3, 0.4) is 0 Å². The van der Waals surface area contributed by atoms with Crippen LogP contribution in [0.2, 0.25) is 4.34 Å². The summed E-state index contributed by atoms with van der Waals surface area (Å²) in [7, 11) is 0. The van der Waals surface area contributed by atoms with Gasteiger partial charge in [0, 0.05) is 36.6 Å². The summed E-state index contributed by atoms with van der Waals surface area (Å²) in [6.45, 7) is 10.2. The highest BCUT2D eigenvalue weighted by Crippen LogP contribution is 2.25. The molecule has 0 amide bonds. The van der Waals surface area contributed by atoms with Gasteiger partial charge in [-0.05, 0) is 30.9 Å². The molecular weight excluding hydrogens is 276 g/mol. The van der Waals surface area contributed by atoms with E-state index in [1.807, 2.05) is 6.07 Å². The second kappa shape index (κ2) is 7.07. The molecule has 1 saturated heterocycles. The molecule has 1 aliphatic heterocycles. The molecule has 1 aromatic rings. The van der Waals surface area contributed by atoms with Gasteiger partial charge in [0.25, 0.3) is 0 Å². The Hall–Kier alpha value is -0.0900. The minimum Gasteiger partial charge on any atom is -0.311 e. The Morgan fingerprint density at radius 3 is 2.84 bits per heavy atom. The van der Waals surface area contributed by atoms with Crippen LogP contribution in [0.15, 0.2) is 12.1 Å². The summed E-state index contributed by atoms with van der Waals surface area (Å²) in [5.41, 5.74) is 0. The topological polar surface area (TPSA) is 15.3 Å². The Bertz CT molecular complexity index is 391. The fraction of sp³-hybridized carbons (Fsp3) is 0.733. The average molecular weight is 301 g/mol. The van der Waals surface area contributed by atoms with Gasteiger partial charge in [-0.15, -0.1) is 11.3 Å². The molecule has 0 bridgehead atoms. The van der Waals surface area contributed by atoms with Crippen molar-refractivity contribution in [2.45, 2.75) is 52.2 Å². The van der Waals surface area contributed by atoms with Gasteiger partial charge < -0.3 is 5.32 Å². The van der Waals surface area contributed by atoms with Crippen molar-refractivity contribution in [3.63, 3.8) is 0 Å². The Kier molecular flexibility index (Phi) is 5.70. The minimum atomic E-state index is 0.638. The summed E-state index contributed by atoms with van der Waals surface area (Å²) in [6.07, 6.45) is 2.47. The van der Waals surface area contributed by atoms with E-state index in [0.717, 1.165) is 29.9 Å². The van der Waals surface area contributed by atoms with E-state index in [9.17, 15) is 0 Å². The molecule has 2 atom stereocenters. The van der Waals surface area contributed by atoms with Crippen molar-refractivity contribution in [3.8, 4) is 0 Å². The highest BCUT2D eigenvalue weighted by molar-refractivity contribution is 7.16.